The third kappa shape index (κ3) is 2.69. The lowest BCUT2D eigenvalue weighted by Gasteiger charge is -2.20. The molecule has 0 saturated carbocycles. The van der Waals surface area contributed by atoms with E-state index in [1.807, 2.05) is 0 Å². The third-order valence-electron chi connectivity index (χ3n) is 4.06. The van der Waals surface area contributed by atoms with Crippen LogP contribution in [0.4, 0.5) is 0 Å². The number of rotatable bonds is 5. The first-order chi connectivity index (χ1) is 8.31. The molecule has 0 amide bonds. The van der Waals surface area contributed by atoms with Gasteiger partial charge in [0.1, 0.15) is 0 Å². The van der Waals surface area contributed by atoms with Gasteiger partial charge in [-0.25, -0.2) is 4.98 Å². The Labute approximate surface area is 107 Å². The SMILES string of the molecule is Cc1nc(CCNCC2CC3CCC2N3)cs1. The standard InChI is InChI=1S/C13H21N3S/c1-9-15-12(8-17-9)4-5-14-7-10-6-11-2-3-13(10)16-11/h8,10-11,13-14,16H,2-7H2,1H3. The van der Waals surface area contributed by atoms with Gasteiger partial charge in [0.25, 0.3) is 0 Å². The molecular weight excluding hydrogens is 230 g/mol. The lowest BCUT2D eigenvalue weighted by molar-refractivity contribution is 0.384. The van der Waals surface area contributed by atoms with Crippen LogP contribution in [0.2, 0.25) is 0 Å². The molecule has 0 aromatic carbocycles. The topological polar surface area (TPSA) is 37.0 Å². The number of nitrogens with one attached hydrogen (secondary N) is 2. The minimum Gasteiger partial charge on any atom is -0.316 e. The van der Waals surface area contributed by atoms with Crippen molar-refractivity contribution in [3.8, 4) is 0 Å². The van der Waals surface area contributed by atoms with Crippen molar-refractivity contribution in [2.45, 2.75) is 44.7 Å². The number of aryl methyl sites for hydroxylation is 1. The molecule has 2 fully saturated rings. The summed E-state index contributed by atoms with van der Waals surface area (Å²) >= 11 is 1.75. The summed E-state index contributed by atoms with van der Waals surface area (Å²) in [5.74, 6) is 0.867. The second-order valence-electron chi connectivity index (χ2n) is 5.36. The Bertz CT molecular complexity index is 376. The van der Waals surface area contributed by atoms with E-state index in [-0.39, 0.29) is 0 Å². The molecule has 1 aromatic rings. The normalized spacial score (nSPS) is 31.2. The Morgan fingerprint density at radius 1 is 1.53 bits per heavy atom. The largest absolute Gasteiger partial charge is 0.316 e. The Morgan fingerprint density at radius 3 is 3.12 bits per heavy atom. The Morgan fingerprint density at radius 2 is 2.47 bits per heavy atom. The van der Waals surface area contributed by atoms with E-state index in [0.717, 1.165) is 31.0 Å². The second kappa shape index (κ2) is 5.04. The van der Waals surface area contributed by atoms with E-state index < -0.39 is 0 Å². The zero-order valence-electron chi connectivity index (χ0n) is 10.4. The van der Waals surface area contributed by atoms with Crippen LogP contribution in [0.3, 0.4) is 0 Å². The molecule has 3 atom stereocenters. The number of nitrogens with zero attached hydrogens (tertiary/aromatic N) is 1. The van der Waals surface area contributed by atoms with Gasteiger partial charge in [-0.3, -0.25) is 0 Å². The number of hydrogen-bond donors (Lipinski definition) is 2. The van der Waals surface area contributed by atoms with Crippen molar-refractivity contribution in [3.63, 3.8) is 0 Å². The van der Waals surface area contributed by atoms with Crippen LogP contribution >= 0.6 is 11.3 Å². The lowest BCUT2D eigenvalue weighted by atomic mass is 9.89. The second-order valence-corrected chi connectivity index (χ2v) is 6.42. The Hall–Kier alpha value is -0.450. The number of fused-ring (bicyclic) bond motifs is 2. The van der Waals surface area contributed by atoms with E-state index in [0.29, 0.717) is 0 Å². The maximum atomic E-state index is 4.48. The van der Waals surface area contributed by atoms with Gasteiger partial charge in [0.2, 0.25) is 0 Å². The summed E-state index contributed by atoms with van der Waals surface area (Å²) in [4.78, 5) is 4.48. The van der Waals surface area contributed by atoms with Gasteiger partial charge in [-0.05, 0) is 38.6 Å². The monoisotopic (exact) mass is 251 g/mol. The predicted molar refractivity (Wildman–Crippen MR) is 71.5 cm³/mol. The molecule has 2 saturated heterocycles. The quantitative estimate of drug-likeness (QED) is 0.783. The zero-order valence-corrected chi connectivity index (χ0v) is 11.2. The van der Waals surface area contributed by atoms with Gasteiger partial charge in [-0.1, -0.05) is 0 Å². The molecule has 0 aliphatic carbocycles. The molecule has 3 nitrogen and oxygen atoms in total. The van der Waals surface area contributed by atoms with E-state index in [9.17, 15) is 0 Å². The van der Waals surface area contributed by atoms with Crippen molar-refractivity contribution in [2.24, 2.45) is 5.92 Å². The summed E-state index contributed by atoms with van der Waals surface area (Å²) in [6, 6.07) is 1.63. The zero-order chi connectivity index (χ0) is 11.7. The highest BCUT2D eigenvalue weighted by atomic mass is 32.1. The summed E-state index contributed by atoms with van der Waals surface area (Å²) in [6.45, 7) is 4.32. The minimum absolute atomic E-state index is 0.800. The molecule has 94 valence electrons. The van der Waals surface area contributed by atoms with E-state index in [4.69, 9.17) is 0 Å². The molecule has 4 heteroatoms. The van der Waals surface area contributed by atoms with Gasteiger partial charge in [-0.2, -0.15) is 0 Å². The summed E-state index contributed by atoms with van der Waals surface area (Å²) in [7, 11) is 0. The first-order valence-corrected chi connectivity index (χ1v) is 7.57. The molecule has 0 spiro atoms. The fourth-order valence-electron chi connectivity index (χ4n) is 3.19. The number of aromatic nitrogens is 1. The van der Waals surface area contributed by atoms with Crippen LogP contribution in [-0.2, 0) is 6.42 Å². The van der Waals surface area contributed by atoms with E-state index in [2.05, 4.69) is 27.9 Å². The Balaban J connectivity index is 1.36. The fraction of sp³-hybridized carbons (Fsp3) is 0.769. The van der Waals surface area contributed by atoms with Crippen LogP contribution in [0.15, 0.2) is 5.38 Å². The molecule has 3 heterocycles. The van der Waals surface area contributed by atoms with E-state index in [1.54, 1.807) is 11.3 Å². The maximum absolute atomic E-state index is 4.48. The van der Waals surface area contributed by atoms with Crippen molar-refractivity contribution >= 4 is 11.3 Å². The lowest BCUT2D eigenvalue weighted by Crippen LogP contribution is -2.32. The molecular formula is C13H21N3S. The molecule has 3 rings (SSSR count). The van der Waals surface area contributed by atoms with Crippen molar-refractivity contribution in [2.75, 3.05) is 13.1 Å². The fourth-order valence-corrected chi connectivity index (χ4v) is 3.84. The van der Waals surface area contributed by atoms with Crippen molar-refractivity contribution in [1.82, 2.24) is 15.6 Å². The summed E-state index contributed by atoms with van der Waals surface area (Å²) in [5, 5.41) is 10.6. The molecule has 3 unspecified atom stereocenters. The van der Waals surface area contributed by atoms with Gasteiger partial charge in [0.05, 0.1) is 10.7 Å². The molecule has 2 N–H and O–H groups in total. The highest BCUT2D eigenvalue weighted by molar-refractivity contribution is 7.09. The number of thiazole rings is 1. The van der Waals surface area contributed by atoms with Gasteiger partial charge in [0.15, 0.2) is 0 Å². The summed E-state index contributed by atoms with van der Waals surface area (Å²) in [6.07, 6.45) is 5.24. The summed E-state index contributed by atoms with van der Waals surface area (Å²) < 4.78 is 0. The first-order valence-electron chi connectivity index (χ1n) is 6.69. The van der Waals surface area contributed by atoms with Gasteiger partial charge >= 0.3 is 0 Å². The highest BCUT2D eigenvalue weighted by Crippen LogP contribution is 2.32. The van der Waals surface area contributed by atoms with Crippen LogP contribution in [-0.4, -0.2) is 30.2 Å². The van der Waals surface area contributed by atoms with Crippen molar-refractivity contribution in [3.05, 3.63) is 16.1 Å². The molecule has 2 bridgehead atoms. The van der Waals surface area contributed by atoms with Crippen LogP contribution in [0, 0.1) is 12.8 Å². The van der Waals surface area contributed by atoms with Gasteiger partial charge in [0, 0.05) is 30.4 Å². The minimum atomic E-state index is 0.800. The molecule has 2 aliphatic heterocycles. The maximum Gasteiger partial charge on any atom is 0.0897 e. The highest BCUT2D eigenvalue weighted by Gasteiger charge is 2.38. The predicted octanol–water partition coefficient (Wildman–Crippen LogP) is 1.72. The van der Waals surface area contributed by atoms with Crippen LogP contribution < -0.4 is 10.6 Å². The van der Waals surface area contributed by atoms with Crippen LogP contribution in [0.5, 0.6) is 0 Å². The number of hydrogen-bond acceptors (Lipinski definition) is 4. The van der Waals surface area contributed by atoms with Gasteiger partial charge < -0.3 is 10.6 Å². The van der Waals surface area contributed by atoms with E-state index >= 15 is 0 Å². The van der Waals surface area contributed by atoms with Crippen molar-refractivity contribution in [1.29, 1.82) is 0 Å². The van der Waals surface area contributed by atoms with Gasteiger partial charge in [-0.15, -0.1) is 11.3 Å². The average molecular weight is 251 g/mol. The third-order valence-corrected chi connectivity index (χ3v) is 4.89. The van der Waals surface area contributed by atoms with Crippen molar-refractivity contribution < 1.29 is 0 Å². The van der Waals surface area contributed by atoms with Crippen LogP contribution in [0.1, 0.15) is 30.0 Å². The first kappa shape index (κ1) is 11.6. The summed E-state index contributed by atoms with van der Waals surface area (Å²) in [5.41, 5.74) is 1.24. The Kier molecular flexibility index (Phi) is 3.45. The molecule has 1 aromatic heterocycles. The molecule has 0 radical (unpaired) electrons. The average Bonchev–Trinajstić information content (AvgIpc) is 3.00. The molecule has 2 aliphatic rings. The smallest absolute Gasteiger partial charge is 0.0897 e. The van der Waals surface area contributed by atoms with E-state index in [1.165, 1.54) is 36.5 Å². The van der Waals surface area contributed by atoms with Crippen LogP contribution in [0.25, 0.3) is 0 Å². The molecule has 17 heavy (non-hydrogen) atoms.